The number of hydrogen-bond donors (Lipinski definition) is 2. The SMILES string of the molecule is CC(C)C(C(=O)NN)N1CCC(Cc2ccccc2)CC1. The zero-order chi connectivity index (χ0) is 15.2. The van der Waals surface area contributed by atoms with Crippen LogP contribution in [0.3, 0.4) is 0 Å². The molecule has 1 saturated heterocycles. The molecule has 0 aromatic heterocycles. The van der Waals surface area contributed by atoms with Crippen molar-refractivity contribution in [1.29, 1.82) is 0 Å². The smallest absolute Gasteiger partial charge is 0.251 e. The third-order valence-corrected chi connectivity index (χ3v) is 4.45. The molecule has 1 aliphatic rings. The first-order valence-corrected chi connectivity index (χ1v) is 7.90. The Morgan fingerprint density at radius 1 is 1.29 bits per heavy atom. The maximum Gasteiger partial charge on any atom is 0.251 e. The molecule has 4 nitrogen and oxygen atoms in total. The molecular weight excluding hydrogens is 262 g/mol. The fourth-order valence-electron chi connectivity index (χ4n) is 3.36. The number of carbonyl (C=O) groups is 1. The van der Waals surface area contributed by atoms with Gasteiger partial charge in [-0.3, -0.25) is 15.1 Å². The van der Waals surface area contributed by atoms with Gasteiger partial charge in [-0.25, -0.2) is 5.84 Å². The van der Waals surface area contributed by atoms with E-state index in [1.54, 1.807) is 0 Å². The Balaban J connectivity index is 1.88. The molecule has 116 valence electrons. The number of carbonyl (C=O) groups excluding carboxylic acids is 1. The van der Waals surface area contributed by atoms with Crippen molar-refractivity contribution >= 4 is 5.91 Å². The van der Waals surface area contributed by atoms with Crippen LogP contribution in [-0.4, -0.2) is 29.9 Å². The zero-order valence-electron chi connectivity index (χ0n) is 13.1. The summed E-state index contributed by atoms with van der Waals surface area (Å²) in [6.45, 7) is 6.12. The van der Waals surface area contributed by atoms with Gasteiger partial charge in [-0.15, -0.1) is 0 Å². The number of rotatable bonds is 5. The van der Waals surface area contributed by atoms with E-state index in [1.165, 1.54) is 5.56 Å². The molecule has 1 fully saturated rings. The van der Waals surface area contributed by atoms with E-state index in [0.717, 1.165) is 38.3 Å². The second-order valence-corrected chi connectivity index (χ2v) is 6.37. The minimum absolute atomic E-state index is 0.0634. The van der Waals surface area contributed by atoms with Gasteiger partial charge in [0.1, 0.15) is 0 Å². The van der Waals surface area contributed by atoms with Crippen molar-refractivity contribution in [3.8, 4) is 0 Å². The second-order valence-electron chi connectivity index (χ2n) is 6.37. The van der Waals surface area contributed by atoms with Gasteiger partial charge in [0.25, 0.3) is 5.91 Å². The fourth-order valence-corrected chi connectivity index (χ4v) is 3.36. The molecular formula is C17H27N3O. The molecule has 2 rings (SSSR count). The number of nitrogens with one attached hydrogen (secondary N) is 1. The summed E-state index contributed by atoms with van der Waals surface area (Å²) in [4.78, 5) is 14.2. The topological polar surface area (TPSA) is 58.4 Å². The third kappa shape index (κ3) is 4.29. The Labute approximate surface area is 127 Å². The Bertz CT molecular complexity index is 439. The lowest BCUT2D eigenvalue weighted by atomic mass is 9.88. The molecule has 1 unspecified atom stereocenters. The van der Waals surface area contributed by atoms with Gasteiger partial charge < -0.3 is 0 Å². The number of hydrogen-bond acceptors (Lipinski definition) is 3. The predicted molar refractivity (Wildman–Crippen MR) is 85.4 cm³/mol. The molecule has 1 aromatic rings. The number of benzene rings is 1. The Hall–Kier alpha value is -1.39. The summed E-state index contributed by atoms with van der Waals surface area (Å²) in [7, 11) is 0. The maximum atomic E-state index is 11.9. The summed E-state index contributed by atoms with van der Waals surface area (Å²) in [5.41, 5.74) is 3.73. The molecule has 0 spiro atoms. The molecule has 1 aromatic carbocycles. The minimum Gasteiger partial charge on any atom is -0.293 e. The normalized spacial score (nSPS) is 18.7. The first-order chi connectivity index (χ1) is 10.1. The monoisotopic (exact) mass is 289 g/mol. The third-order valence-electron chi connectivity index (χ3n) is 4.45. The van der Waals surface area contributed by atoms with Crippen molar-refractivity contribution < 1.29 is 4.79 Å². The van der Waals surface area contributed by atoms with Crippen LogP contribution in [0, 0.1) is 11.8 Å². The van der Waals surface area contributed by atoms with E-state index in [2.05, 4.69) is 54.5 Å². The molecule has 1 aliphatic heterocycles. The van der Waals surface area contributed by atoms with Gasteiger partial charge >= 0.3 is 0 Å². The van der Waals surface area contributed by atoms with Crippen LogP contribution < -0.4 is 11.3 Å². The summed E-state index contributed by atoms with van der Waals surface area (Å²) in [6, 6.07) is 10.6. The number of amides is 1. The van der Waals surface area contributed by atoms with E-state index in [4.69, 9.17) is 5.84 Å². The maximum absolute atomic E-state index is 11.9. The number of nitrogens with zero attached hydrogens (tertiary/aromatic N) is 1. The Kier molecular flexibility index (Phi) is 5.76. The number of hydrazine groups is 1. The van der Waals surface area contributed by atoms with Gasteiger partial charge in [0, 0.05) is 0 Å². The van der Waals surface area contributed by atoms with Crippen LogP contribution in [0.15, 0.2) is 30.3 Å². The summed E-state index contributed by atoms with van der Waals surface area (Å²) >= 11 is 0. The largest absolute Gasteiger partial charge is 0.293 e. The summed E-state index contributed by atoms with van der Waals surface area (Å²) < 4.78 is 0. The first kappa shape index (κ1) is 16.0. The molecule has 21 heavy (non-hydrogen) atoms. The molecule has 0 radical (unpaired) electrons. The highest BCUT2D eigenvalue weighted by Crippen LogP contribution is 2.24. The Morgan fingerprint density at radius 3 is 2.43 bits per heavy atom. The van der Waals surface area contributed by atoms with Crippen LogP contribution in [0.2, 0.25) is 0 Å². The molecule has 0 bridgehead atoms. The van der Waals surface area contributed by atoms with Crippen LogP contribution in [-0.2, 0) is 11.2 Å². The van der Waals surface area contributed by atoms with Gasteiger partial charge in [0.05, 0.1) is 6.04 Å². The lowest BCUT2D eigenvalue weighted by molar-refractivity contribution is -0.128. The van der Waals surface area contributed by atoms with Crippen LogP contribution in [0.1, 0.15) is 32.3 Å². The van der Waals surface area contributed by atoms with Crippen molar-refractivity contribution in [3.05, 3.63) is 35.9 Å². The van der Waals surface area contributed by atoms with Gasteiger partial charge in [0.2, 0.25) is 0 Å². The van der Waals surface area contributed by atoms with E-state index in [0.29, 0.717) is 0 Å². The van der Waals surface area contributed by atoms with Crippen LogP contribution in [0.4, 0.5) is 0 Å². The van der Waals surface area contributed by atoms with Gasteiger partial charge in [0.15, 0.2) is 0 Å². The zero-order valence-corrected chi connectivity index (χ0v) is 13.1. The van der Waals surface area contributed by atoms with Gasteiger partial charge in [-0.1, -0.05) is 44.2 Å². The lowest BCUT2D eigenvalue weighted by Gasteiger charge is -2.38. The average Bonchev–Trinajstić information content (AvgIpc) is 2.49. The molecule has 4 heteroatoms. The summed E-state index contributed by atoms with van der Waals surface area (Å²) in [5.74, 6) is 6.25. The first-order valence-electron chi connectivity index (χ1n) is 7.90. The second kappa shape index (κ2) is 7.57. The number of piperidine rings is 1. The number of likely N-dealkylation sites (tertiary alicyclic amines) is 1. The highest BCUT2D eigenvalue weighted by atomic mass is 16.2. The average molecular weight is 289 g/mol. The lowest BCUT2D eigenvalue weighted by Crippen LogP contribution is -2.54. The van der Waals surface area contributed by atoms with Crippen LogP contribution >= 0.6 is 0 Å². The van der Waals surface area contributed by atoms with Gasteiger partial charge in [-0.05, 0) is 49.8 Å². The van der Waals surface area contributed by atoms with Crippen LogP contribution in [0.25, 0.3) is 0 Å². The molecule has 0 aliphatic carbocycles. The van der Waals surface area contributed by atoms with Crippen molar-refractivity contribution in [1.82, 2.24) is 10.3 Å². The summed E-state index contributed by atoms with van der Waals surface area (Å²) in [5, 5.41) is 0. The van der Waals surface area contributed by atoms with Crippen molar-refractivity contribution in [2.24, 2.45) is 17.7 Å². The van der Waals surface area contributed by atoms with E-state index >= 15 is 0 Å². The van der Waals surface area contributed by atoms with Crippen molar-refractivity contribution in [2.75, 3.05) is 13.1 Å². The molecule has 1 amide bonds. The van der Waals surface area contributed by atoms with E-state index < -0.39 is 0 Å². The van der Waals surface area contributed by atoms with Crippen molar-refractivity contribution in [3.63, 3.8) is 0 Å². The van der Waals surface area contributed by atoms with E-state index in [1.807, 2.05) is 0 Å². The predicted octanol–water partition coefficient (Wildman–Crippen LogP) is 1.96. The molecule has 1 atom stereocenters. The molecule has 0 saturated carbocycles. The fraction of sp³-hybridized carbons (Fsp3) is 0.588. The van der Waals surface area contributed by atoms with Crippen molar-refractivity contribution in [2.45, 2.75) is 39.2 Å². The quantitative estimate of drug-likeness (QED) is 0.495. The minimum atomic E-state index is -0.104. The highest BCUT2D eigenvalue weighted by Gasteiger charge is 2.31. The van der Waals surface area contributed by atoms with Crippen LogP contribution in [0.5, 0.6) is 0 Å². The molecule has 1 heterocycles. The molecule has 3 N–H and O–H groups in total. The van der Waals surface area contributed by atoms with Gasteiger partial charge in [-0.2, -0.15) is 0 Å². The van der Waals surface area contributed by atoms with E-state index in [9.17, 15) is 4.79 Å². The van der Waals surface area contributed by atoms with E-state index in [-0.39, 0.29) is 17.9 Å². The highest BCUT2D eigenvalue weighted by molar-refractivity contribution is 5.81. The standard InChI is InChI=1S/C17H27N3O/c1-13(2)16(17(21)19-18)20-10-8-15(9-11-20)12-14-6-4-3-5-7-14/h3-7,13,15-16H,8-12,18H2,1-2H3,(H,19,21). The summed E-state index contributed by atoms with van der Waals surface area (Å²) in [6.07, 6.45) is 3.44. The Morgan fingerprint density at radius 2 is 1.90 bits per heavy atom. The number of nitrogens with two attached hydrogens (primary N) is 1.